The van der Waals surface area contributed by atoms with Gasteiger partial charge in [0.05, 0.1) is 16.8 Å². The van der Waals surface area contributed by atoms with Crippen LogP contribution in [0.4, 0.5) is 0 Å². The molecule has 0 aliphatic carbocycles. The molecule has 22 heavy (non-hydrogen) atoms. The van der Waals surface area contributed by atoms with Gasteiger partial charge in [-0.1, -0.05) is 36.4 Å². The summed E-state index contributed by atoms with van der Waals surface area (Å²) in [6.07, 6.45) is 3.23. The number of ether oxygens (including phenoxy) is 1. The van der Waals surface area contributed by atoms with Crippen molar-refractivity contribution in [2.24, 2.45) is 5.10 Å². The third-order valence-corrected chi connectivity index (χ3v) is 3.08. The van der Waals surface area contributed by atoms with E-state index in [9.17, 15) is 4.79 Å². The summed E-state index contributed by atoms with van der Waals surface area (Å²) in [4.78, 5) is 11.9. The number of carbonyl (C=O) groups is 1. The lowest BCUT2D eigenvalue weighted by atomic mass is 10.2. The Morgan fingerprint density at radius 3 is 2.64 bits per heavy atom. The van der Waals surface area contributed by atoms with Crippen molar-refractivity contribution in [1.29, 1.82) is 0 Å². The van der Waals surface area contributed by atoms with Gasteiger partial charge in [-0.3, -0.25) is 4.79 Å². The Morgan fingerprint density at radius 2 is 1.95 bits per heavy atom. The Bertz CT molecular complexity index is 681. The summed E-state index contributed by atoms with van der Waals surface area (Å²) < 4.78 is 5.38. The van der Waals surface area contributed by atoms with E-state index in [1.807, 2.05) is 24.3 Å². The molecule has 1 amide bonds. The summed E-state index contributed by atoms with van der Waals surface area (Å²) in [7, 11) is 0. The first kappa shape index (κ1) is 15.8. The van der Waals surface area contributed by atoms with Gasteiger partial charge >= 0.3 is 0 Å². The van der Waals surface area contributed by atoms with E-state index in [0.717, 1.165) is 11.3 Å². The van der Waals surface area contributed by atoms with E-state index in [1.54, 1.807) is 36.6 Å². The lowest BCUT2D eigenvalue weighted by molar-refractivity contribution is 0.0955. The number of benzene rings is 2. The Kier molecular flexibility index (Phi) is 5.74. The molecule has 4 nitrogen and oxygen atoms in total. The van der Waals surface area contributed by atoms with Gasteiger partial charge in [-0.25, -0.2) is 5.43 Å². The fourth-order valence-corrected chi connectivity index (χ4v) is 1.90. The highest BCUT2D eigenvalue weighted by Crippen LogP contribution is 2.14. The van der Waals surface area contributed by atoms with Gasteiger partial charge in [-0.15, -0.1) is 0 Å². The molecule has 0 radical (unpaired) electrons. The topological polar surface area (TPSA) is 50.7 Å². The van der Waals surface area contributed by atoms with Gasteiger partial charge in [-0.2, -0.15) is 5.10 Å². The third-order valence-electron chi connectivity index (χ3n) is 2.75. The number of hydrogen-bond acceptors (Lipinski definition) is 3. The fourth-order valence-electron chi connectivity index (χ4n) is 1.68. The van der Waals surface area contributed by atoms with Crippen LogP contribution >= 0.6 is 11.6 Å². The summed E-state index contributed by atoms with van der Waals surface area (Å²) >= 11 is 5.94. The van der Waals surface area contributed by atoms with Gasteiger partial charge in [0.1, 0.15) is 12.4 Å². The van der Waals surface area contributed by atoms with Crippen LogP contribution in [0.15, 0.2) is 66.3 Å². The van der Waals surface area contributed by atoms with Gasteiger partial charge in [0.15, 0.2) is 0 Å². The molecule has 0 heterocycles. The first-order chi connectivity index (χ1) is 10.7. The van der Waals surface area contributed by atoms with Crippen molar-refractivity contribution in [3.63, 3.8) is 0 Å². The second-order valence-corrected chi connectivity index (χ2v) is 4.75. The highest BCUT2D eigenvalue weighted by molar-refractivity contribution is 6.33. The van der Waals surface area contributed by atoms with Crippen molar-refractivity contribution in [3.8, 4) is 5.75 Å². The molecule has 2 aromatic carbocycles. The summed E-state index contributed by atoms with van der Waals surface area (Å²) in [5, 5.41) is 4.30. The lowest BCUT2D eigenvalue weighted by Crippen LogP contribution is -2.17. The molecule has 0 unspecified atom stereocenters. The Labute approximate surface area is 134 Å². The van der Waals surface area contributed by atoms with E-state index in [0.29, 0.717) is 17.2 Å². The molecule has 2 aromatic rings. The summed E-state index contributed by atoms with van der Waals surface area (Å²) in [6, 6.07) is 14.1. The van der Waals surface area contributed by atoms with E-state index in [-0.39, 0.29) is 5.91 Å². The predicted molar refractivity (Wildman–Crippen MR) is 88.6 cm³/mol. The van der Waals surface area contributed by atoms with E-state index >= 15 is 0 Å². The standard InChI is InChI=1S/C17H15ClN2O2/c1-2-11-22-14-9-7-13(8-10-14)12-19-20-17(21)15-5-3-4-6-16(15)18/h2-10,12H,1,11H2,(H,20,21)/b19-12-. The molecule has 0 aromatic heterocycles. The molecule has 0 aliphatic heterocycles. The maximum Gasteiger partial charge on any atom is 0.272 e. The van der Waals surface area contributed by atoms with Crippen molar-refractivity contribution in [3.05, 3.63) is 77.3 Å². The maximum atomic E-state index is 11.9. The SMILES string of the molecule is C=CCOc1ccc(/C=N\NC(=O)c2ccccc2Cl)cc1. The Hall–Kier alpha value is -2.59. The van der Waals surface area contributed by atoms with Crippen LogP contribution in [0.1, 0.15) is 15.9 Å². The largest absolute Gasteiger partial charge is 0.490 e. The van der Waals surface area contributed by atoms with Crippen molar-refractivity contribution in [1.82, 2.24) is 5.43 Å². The normalized spacial score (nSPS) is 10.4. The van der Waals surface area contributed by atoms with E-state index < -0.39 is 0 Å². The minimum atomic E-state index is -0.354. The molecular weight excluding hydrogens is 300 g/mol. The van der Waals surface area contributed by atoms with Crippen LogP contribution < -0.4 is 10.2 Å². The number of nitrogens with one attached hydrogen (secondary N) is 1. The average Bonchev–Trinajstić information content (AvgIpc) is 2.54. The van der Waals surface area contributed by atoms with Crippen LogP contribution in [0.25, 0.3) is 0 Å². The average molecular weight is 315 g/mol. The first-order valence-electron chi connectivity index (χ1n) is 6.62. The molecule has 0 aliphatic rings. The van der Waals surface area contributed by atoms with Gasteiger partial charge in [0, 0.05) is 0 Å². The summed E-state index contributed by atoms with van der Waals surface area (Å²) in [5.41, 5.74) is 3.66. The number of hydrazone groups is 1. The third kappa shape index (κ3) is 4.46. The van der Waals surface area contributed by atoms with Crippen LogP contribution in [-0.4, -0.2) is 18.7 Å². The molecular formula is C17H15ClN2O2. The van der Waals surface area contributed by atoms with E-state index in [2.05, 4.69) is 17.1 Å². The lowest BCUT2D eigenvalue weighted by Gasteiger charge is -2.03. The minimum absolute atomic E-state index is 0.354. The van der Waals surface area contributed by atoms with Crippen LogP contribution in [0.3, 0.4) is 0 Å². The van der Waals surface area contributed by atoms with Crippen molar-refractivity contribution in [2.75, 3.05) is 6.61 Å². The zero-order valence-corrected chi connectivity index (χ0v) is 12.6. The highest BCUT2D eigenvalue weighted by atomic mass is 35.5. The molecule has 0 saturated heterocycles. The van der Waals surface area contributed by atoms with E-state index in [1.165, 1.54) is 0 Å². The molecule has 0 bridgehead atoms. The Balaban J connectivity index is 1.93. The first-order valence-corrected chi connectivity index (χ1v) is 7.00. The second-order valence-electron chi connectivity index (χ2n) is 4.35. The summed E-state index contributed by atoms with van der Waals surface area (Å²) in [5.74, 6) is 0.393. The Morgan fingerprint density at radius 1 is 1.23 bits per heavy atom. The zero-order chi connectivity index (χ0) is 15.8. The van der Waals surface area contributed by atoms with Crippen LogP contribution in [0, 0.1) is 0 Å². The molecule has 5 heteroatoms. The van der Waals surface area contributed by atoms with Crippen LogP contribution in [0.2, 0.25) is 5.02 Å². The van der Waals surface area contributed by atoms with Crippen molar-refractivity contribution < 1.29 is 9.53 Å². The van der Waals surface area contributed by atoms with Crippen LogP contribution in [0.5, 0.6) is 5.75 Å². The van der Waals surface area contributed by atoms with Gasteiger partial charge in [-0.05, 0) is 42.0 Å². The molecule has 0 fully saturated rings. The molecule has 1 N–H and O–H groups in total. The van der Waals surface area contributed by atoms with E-state index in [4.69, 9.17) is 16.3 Å². The van der Waals surface area contributed by atoms with Gasteiger partial charge in [0.2, 0.25) is 0 Å². The fraction of sp³-hybridized carbons (Fsp3) is 0.0588. The van der Waals surface area contributed by atoms with Crippen molar-refractivity contribution in [2.45, 2.75) is 0 Å². The molecule has 0 atom stereocenters. The number of halogens is 1. The summed E-state index contributed by atoms with van der Waals surface area (Å²) in [6.45, 7) is 4.05. The number of nitrogens with zero attached hydrogens (tertiary/aromatic N) is 1. The number of carbonyl (C=O) groups excluding carboxylic acids is 1. The number of rotatable bonds is 6. The molecule has 112 valence electrons. The predicted octanol–water partition coefficient (Wildman–Crippen LogP) is 3.67. The smallest absolute Gasteiger partial charge is 0.272 e. The van der Waals surface area contributed by atoms with Gasteiger partial charge < -0.3 is 4.74 Å². The monoisotopic (exact) mass is 314 g/mol. The molecule has 0 spiro atoms. The molecule has 2 rings (SSSR count). The minimum Gasteiger partial charge on any atom is -0.490 e. The van der Waals surface area contributed by atoms with Gasteiger partial charge in [0.25, 0.3) is 5.91 Å². The number of hydrogen-bond donors (Lipinski definition) is 1. The molecule has 0 saturated carbocycles. The maximum absolute atomic E-state index is 11.9. The number of amides is 1. The van der Waals surface area contributed by atoms with Crippen molar-refractivity contribution >= 4 is 23.7 Å². The second kappa shape index (κ2) is 8.00. The zero-order valence-electron chi connectivity index (χ0n) is 11.8. The quantitative estimate of drug-likeness (QED) is 0.502. The van der Waals surface area contributed by atoms with Crippen LogP contribution in [-0.2, 0) is 0 Å². The highest BCUT2D eigenvalue weighted by Gasteiger charge is 2.07.